The molecule has 0 saturated heterocycles. The van der Waals surface area contributed by atoms with Crippen LogP contribution in [0.15, 0.2) is 85.1 Å². The zero-order valence-corrected chi connectivity index (χ0v) is 37.3. The number of alkyl carbamates (subject to hydrolysis) is 1. The lowest BCUT2D eigenvalue weighted by Gasteiger charge is -2.35. The Bertz CT molecular complexity index is 2100. The van der Waals surface area contributed by atoms with Crippen molar-refractivity contribution in [1.29, 1.82) is 0 Å². The summed E-state index contributed by atoms with van der Waals surface area (Å²) >= 11 is 6.13. The van der Waals surface area contributed by atoms with Gasteiger partial charge in [0.15, 0.2) is 0 Å². The molecule has 2 atom stereocenters. The summed E-state index contributed by atoms with van der Waals surface area (Å²) in [6, 6.07) is 20.8. The van der Waals surface area contributed by atoms with E-state index < -0.39 is 53.2 Å². The fraction of sp³-hybridized carbons (Fsp3) is 0.444. The minimum Gasteiger partial charge on any atom is -0.444 e. The van der Waals surface area contributed by atoms with E-state index in [1.54, 1.807) is 75.5 Å². The molecule has 0 radical (unpaired) electrons. The Labute approximate surface area is 358 Å². The molecule has 0 saturated carbocycles. The predicted molar refractivity (Wildman–Crippen MR) is 231 cm³/mol. The lowest BCUT2D eigenvalue weighted by Crippen LogP contribution is -2.55. The number of carbonyl (C=O) groups is 5. The van der Waals surface area contributed by atoms with Gasteiger partial charge in [0.1, 0.15) is 29.9 Å². The van der Waals surface area contributed by atoms with Crippen LogP contribution in [0, 0.1) is 5.92 Å². The standard InChI is InChI=1S/C45H59ClN8O6/c1-29(2)37(39(56)48-43(3,4)5)53(41(58)32-17-21-33(46)22-18-32)27-34-28-54(51-50-34)35-23-19-31(20-24-35)38(40(57)49-44(6,7)8)52(26-30-15-13-12-14-16-30)36(55)25-47-42(59)60-45(9,10)11/h12-24,28-29,37-38H,25-27H2,1-11H3,(H,47,59)(H,48,56)(H,49,57). The molecular formula is C45H59ClN8O6. The van der Waals surface area contributed by atoms with Crippen molar-refractivity contribution in [1.82, 2.24) is 40.7 Å². The molecule has 0 aliphatic rings. The van der Waals surface area contributed by atoms with Crippen molar-refractivity contribution in [2.24, 2.45) is 5.92 Å². The van der Waals surface area contributed by atoms with Crippen LogP contribution in [0.4, 0.5) is 4.79 Å². The van der Waals surface area contributed by atoms with Gasteiger partial charge >= 0.3 is 6.09 Å². The van der Waals surface area contributed by atoms with Crippen LogP contribution in [0.3, 0.4) is 0 Å². The lowest BCUT2D eigenvalue weighted by atomic mass is 9.98. The number of carbonyl (C=O) groups excluding carboxylic acids is 5. The molecule has 60 heavy (non-hydrogen) atoms. The average molecular weight is 843 g/mol. The van der Waals surface area contributed by atoms with Crippen molar-refractivity contribution in [2.75, 3.05) is 6.54 Å². The Morgan fingerprint density at radius 2 is 1.33 bits per heavy atom. The van der Waals surface area contributed by atoms with E-state index in [0.29, 0.717) is 27.5 Å². The molecule has 5 amide bonds. The molecule has 2 unspecified atom stereocenters. The van der Waals surface area contributed by atoms with E-state index in [1.165, 1.54) is 14.5 Å². The molecule has 14 nitrogen and oxygen atoms in total. The van der Waals surface area contributed by atoms with E-state index >= 15 is 0 Å². The highest BCUT2D eigenvalue weighted by Crippen LogP contribution is 2.27. The summed E-state index contributed by atoms with van der Waals surface area (Å²) < 4.78 is 6.89. The maximum Gasteiger partial charge on any atom is 0.408 e. The monoisotopic (exact) mass is 842 g/mol. The van der Waals surface area contributed by atoms with Gasteiger partial charge in [0.05, 0.1) is 18.4 Å². The first-order chi connectivity index (χ1) is 27.9. The third kappa shape index (κ3) is 13.9. The number of halogens is 1. The number of nitrogens with zero attached hydrogens (tertiary/aromatic N) is 5. The summed E-state index contributed by atoms with van der Waals surface area (Å²) in [4.78, 5) is 71.5. The third-order valence-corrected chi connectivity index (χ3v) is 9.04. The molecule has 4 rings (SSSR count). The number of benzene rings is 3. The zero-order chi connectivity index (χ0) is 44.6. The number of ether oxygens (including phenoxy) is 1. The van der Waals surface area contributed by atoms with Gasteiger partial charge in [-0.15, -0.1) is 5.10 Å². The average Bonchev–Trinajstić information content (AvgIpc) is 3.60. The van der Waals surface area contributed by atoms with Crippen LogP contribution < -0.4 is 16.0 Å². The smallest absolute Gasteiger partial charge is 0.408 e. The highest BCUT2D eigenvalue weighted by molar-refractivity contribution is 6.30. The summed E-state index contributed by atoms with van der Waals surface area (Å²) in [6.45, 7) is 19.8. The van der Waals surface area contributed by atoms with Gasteiger partial charge in [0, 0.05) is 28.2 Å². The minimum absolute atomic E-state index is 0.0249. The van der Waals surface area contributed by atoms with Gasteiger partial charge in [-0.1, -0.05) is 73.1 Å². The number of amides is 5. The highest BCUT2D eigenvalue weighted by atomic mass is 35.5. The van der Waals surface area contributed by atoms with Crippen molar-refractivity contribution in [3.63, 3.8) is 0 Å². The fourth-order valence-electron chi connectivity index (χ4n) is 6.36. The Morgan fingerprint density at radius 3 is 1.88 bits per heavy atom. The quantitative estimate of drug-likeness (QED) is 0.122. The molecule has 4 aromatic rings. The number of hydrogen-bond donors (Lipinski definition) is 3. The van der Waals surface area contributed by atoms with E-state index in [-0.39, 0.29) is 30.8 Å². The first-order valence-electron chi connectivity index (χ1n) is 19.9. The molecule has 15 heteroatoms. The Balaban J connectivity index is 1.69. The molecule has 0 fully saturated rings. The van der Waals surface area contributed by atoms with Crippen LogP contribution in [0.2, 0.25) is 5.02 Å². The van der Waals surface area contributed by atoms with E-state index in [4.69, 9.17) is 16.3 Å². The number of rotatable bonds is 14. The van der Waals surface area contributed by atoms with Crippen molar-refractivity contribution in [3.05, 3.63) is 112 Å². The Morgan fingerprint density at radius 1 is 0.750 bits per heavy atom. The molecule has 0 bridgehead atoms. The van der Waals surface area contributed by atoms with Gasteiger partial charge in [0.2, 0.25) is 17.7 Å². The van der Waals surface area contributed by atoms with Gasteiger partial charge in [-0.2, -0.15) is 0 Å². The second-order valence-electron chi connectivity index (χ2n) is 18.1. The molecule has 0 aliphatic carbocycles. The molecular weight excluding hydrogens is 784 g/mol. The van der Waals surface area contributed by atoms with Gasteiger partial charge in [-0.3, -0.25) is 19.2 Å². The largest absolute Gasteiger partial charge is 0.444 e. The zero-order valence-electron chi connectivity index (χ0n) is 36.5. The fourth-order valence-corrected chi connectivity index (χ4v) is 6.49. The van der Waals surface area contributed by atoms with Crippen LogP contribution in [0.25, 0.3) is 5.69 Å². The second kappa shape index (κ2) is 19.5. The van der Waals surface area contributed by atoms with Crippen molar-refractivity contribution >= 4 is 41.3 Å². The normalized spacial score (nSPS) is 12.9. The van der Waals surface area contributed by atoms with Crippen molar-refractivity contribution < 1.29 is 28.7 Å². The summed E-state index contributed by atoms with van der Waals surface area (Å²) in [6.07, 6.45) is 0.918. The molecule has 1 aromatic heterocycles. The number of hydrogen-bond acceptors (Lipinski definition) is 8. The third-order valence-electron chi connectivity index (χ3n) is 8.79. The topological polar surface area (TPSA) is 168 Å². The lowest BCUT2D eigenvalue weighted by molar-refractivity contribution is -0.141. The molecule has 322 valence electrons. The van der Waals surface area contributed by atoms with Crippen molar-refractivity contribution in [2.45, 2.75) is 118 Å². The maximum absolute atomic E-state index is 14.2. The summed E-state index contributed by atoms with van der Waals surface area (Å²) in [5, 5.41) is 17.8. The number of aromatic nitrogens is 3. The van der Waals surface area contributed by atoms with Crippen LogP contribution in [0.1, 0.15) is 109 Å². The van der Waals surface area contributed by atoms with Crippen molar-refractivity contribution in [3.8, 4) is 5.69 Å². The molecule has 0 spiro atoms. The molecule has 0 aliphatic heterocycles. The van der Waals surface area contributed by atoms with Crippen LogP contribution in [0.5, 0.6) is 0 Å². The van der Waals surface area contributed by atoms with Gasteiger partial charge < -0.3 is 30.5 Å². The van der Waals surface area contributed by atoms with Crippen LogP contribution in [-0.4, -0.2) is 83.8 Å². The molecule has 1 heterocycles. The summed E-state index contributed by atoms with van der Waals surface area (Å²) in [5.74, 6) is -1.84. The predicted octanol–water partition coefficient (Wildman–Crippen LogP) is 7.01. The van der Waals surface area contributed by atoms with E-state index in [0.717, 1.165) is 5.56 Å². The maximum atomic E-state index is 14.2. The summed E-state index contributed by atoms with van der Waals surface area (Å²) in [7, 11) is 0. The van der Waals surface area contributed by atoms with Gasteiger partial charge in [0.25, 0.3) is 5.91 Å². The van der Waals surface area contributed by atoms with Crippen LogP contribution in [-0.2, 0) is 32.2 Å². The number of nitrogens with one attached hydrogen (secondary N) is 3. The first-order valence-corrected chi connectivity index (χ1v) is 20.3. The van der Waals surface area contributed by atoms with Gasteiger partial charge in [-0.05, 0) is 116 Å². The minimum atomic E-state index is -1.10. The Hall–Kier alpha value is -5.76. The molecule has 3 aromatic carbocycles. The summed E-state index contributed by atoms with van der Waals surface area (Å²) in [5.41, 5.74) is 0.719. The van der Waals surface area contributed by atoms with E-state index in [2.05, 4.69) is 26.3 Å². The first kappa shape index (κ1) is 46.9. The van der Waals surface area contributed by atoms with E-state index in [9.17, 15) is 24.0 Å². The second-order valence-corrected chi connectivity index (χ2v) is 18.6. The Kier molecular flexibility index (Phi) is 15.3. The molecule has 3 N–H and O–H groups in total. The van der Waals surface area contributed by atoms with Gasteiger partial charge in [-0.25, -0.2) is 9.48 Å². The SMILES string of the molecule is CC(C)C(C(=O)NC(C)(C)C)N(Cc1cn(-c2ccc(C(C(=O)NC(C)(C)C)N(Cc3ccccc3)C(=O)CNC(=O)OC(C)(C)C)cc2)nn1)C(=O)c1ccc(Cl)cc1. The highest BCUT2D eigenvalue weighted by Gasteiger charge is 2.36. The van der Waals surface area contributed by atoms with Crippen LogP contribution >= 0.6 is 11.6 Å². The van der Waals surface area contributed by atoms with E-state index in [1.807, 2.05) is 85.7 Å².